The SMILES string of the molecule is COc1ccc(-n2nc(-c3ccco3)nc2[C@@H](C)N2CCN(C)CC2)cc1. The number of nitrogens with zero attached hydrogens (tertiary/aromatic N) is 5. The van der Waals surface area contributed by atoms with E-state index in [0.29, 0.717) is 11.6 Å². The van der Waals surface area contributed by atoms with Gasteiger partial charge in [0.1, 0.15) is 11.6 Å². The largest absolute Gasteiger partial charge is 0.497 e. The van der Waals surface area contributed by atoms with Gasteiger partial charge in [0.05, 0.1) is 25.1 Å². The Morgan fingerprint density at radius 2 is 1.81 bits per heavy atom. The highest BCUT2D eigenvalue weighted by molar-refractivity contribution is 5.47. The van der Waals surface area contributed by atoms with Crippen LogP contribution in [0.25, 0.3) is 17.3 Å². The fourth-order valence-electron chi connectivity index (χ4n) is 3.39. The molecule has 1 aliphatic rings. The number of benzene rings is 1. The first-order valence-corrected chi connectivity index (χ1v) is 9.23. The maximum Gasteiger partial charge on any atom is 0.217 e. The Labute approximate surface area is 159 Å². The molecule has 27 heavy (non-hydrogen) atoms. The molecule has 0 unspecified atom stereocenters. The van der Waals surface area contributed by atoms with Crippen molar-refractivity contribution >= 4 is 0 Å². The molecule has 142 valence electrons. The first-order valence-electron chi connectivity index (χ1n) is 9.23. The van der Waals surface area contributed by atoms with Gasteiger partial charge < -0.3 is 14.1 Å². The summed E-state index contributed by atoms with van der Waals surface area (Å²) in [5.74, 6) is 3.01. The van der Waals surface area contributed by atoms with Crippen molar-refractivity contribution in [2.24, 2.45) is 0 Å². The van der Waals surface area contributed by atoms with Gasteiger partial charge in [-0.2, -0.15) is 0 Å². The van der Waals surface area contributed by atoms with Crippen LogP contribution in [0.5, 0.6) is 5.75 Å². The molecule has 1 atom stereocenters. The van der Waals surface area contributed by atoms with Crippen LogP contribution in [-0.2, 0) is 0 Å². The van der Waals surface area contributed by atoms with Gasteiger partial charge in [-0.25, -0.2) is 9.67 Å². The van der Waals surface area contributed by atoms with Crippen LogP contribution in [0.1, 0.15) is 18.8 Å². The van der Waals surface area contributed by atoms with Gasteiger partial charge in [0.15, 0.2) is 5.76 Å². The molecule has 3 heterocycles. The highest BCUT2D eigenvalue weighted by Crippen LogP contribution is 2.27. The van der Waals surface area contributed by atoms with Crippen molar-refractivity contribution in [1.29, 1.82) is 0 Å². The van der Waals surface area contributed by atoms with Crippen LogP contribution in [0.15, 0.2) is 47.1 Å². The number of hydrogen-bond donors (Lipinski definition) is 0. The van der Waals surface area contributed by atoms with Crippen molar-refractivity contribution in [1.82, 2.24) is 24.6 Å². The normalized spacial score (nSPS) is 17.1. The number of aromatic nitrogens is 3. The molecule has 4 rings (SSSR count). The quantitative estimate of drug-likeness (QED) is 0.691. The molecule has 1 saturated heterocycles. The summed E-state index contributed by atoms with van der Waals surface area (Å²) in [5, 5.41) is 4.74. The number of methoxy groups -OCH3 is 1. The lowest BCUT2D eigenvalue weighted by Gasteiger charge is -2.35. The average Bonchev–Trinajstić information content (AvgIpc) is 3.38. The van der Waals surface area contributed by atoms with Gasteiger partial charge in [-0.05, 0) is 50.4 Å². The molecule has 0 amide bonds. The maximum atomic E-state index is 5.52. The van der Waals surface area contributed by atoms with Crippen LogP contribution in [0.4, 0.5) is 0 Å². The molecule has 0 saturated carbocycles. The Morgan fingerprint density at radius 1 is 1.07 bits per heavy atom. The number of piperazine rings is 1. The van der Waals surface area contributed by atoms with Gasteiger partial charge in [0.25, 0.3) is 0 Å². The molecule has 1 aliphatic heterocycles. The summed E-state index contributed by atoms with van der Waals surface area (Å²) < 4.78 is 12.7. The van der Waals surface area contributed by atoms with Crippen molar-refractivity contribution in [2.45, 2.75) is 13.0 Å². The number of furan rings is 1. The number of rotatable bonds is 5. The van der Waals surface area contributed by atoms with E-state index < -0.39 is 0 Å². The summed E-state index contributed by atoms with van der Waals surface area (Å²) in [5.41, 5.74) is 0.956. The van der Waals surface area contributed by atoms with Crippen LogP contribution < -0.4 is 4.74 Å². The lowest BCUT2D eigenvalue weighted by Crippen LogP contribution is -2.45. The lowest BCUT2D eigenvalue weighted by atomic mass is 10.2. The minimum atomic E-state index is 0.150. The zero-order valence-electron chi connectivity index (χ0n) is 16.0. The van der Waals surface area contributed by atoms with E-state index in [9.17, 15) is 0 Å². The average molecular weight is 367 g/mol. The molecule has 1 fully saturated rings. The fourth-order valence-corrected chi connectivity index (χ4v) is 3.39. The molecule has 0 spiro atoms. The van der Waals surface area contributed by atoms with E-state index in [1.165, 1.54) is 0 Å². The summed E-state index contributed by atoms with van der Waals surface area (Å²) in [4.78, 5) is 9.64. The van der Waals surface area contributed by atoms with Crippen LogP contribution in [0, 0.1) is 0 Å². The molecule has 0 bridgehead atoms. The van der Waals surface area contributed by atoms with Crippen molar-refractivity contribution in [3.8, 4) is 23.0 Å². The summed E-state index contributed by atoms with van der Waals surface area (Å²) in [6, 6.07) is 11.8. The third-order valence-corrected chi connectivity index (χ3v) is 5.15. The molecular formula is C20H25N5O2. The standard InChI is InChI=1S/C20H25N5O2/c1-15(24-12-10-23(2)11-13-24)20-21-19(18-5-4-14-27-18)22-25(20)16-6-8-17(26-3)9-7-16/h4-9,14-15H,10-13H2,1-3H3/t15-/m1/s1. The van der Waals surface area contributed by atoms with E-state index in [2.05, 4.69) is 23.8 Å². The van der Waals surface area contributed by atoms with E-state index in [-0.39, 0.29) is 6.04 Å². The van der Waals surface area contributed by atoms with E-state index in [1.54, 1.807) is 13.4 Å². The molecule has 0 radical (unpaired) electrons. The summed E-state index contributed by atoms with van der Waals surface area (Å²) in [6.07, 6.45) is 1.65. The van der Waals surface area contributed by atoms with Gasteiger partial charge in [0, 0.05) is 26.2 Å². The molecule has 2 aromatic heterocycles. The fraction of sp³-hybridized carbons (Fsp3) is 0.400. The molecule has 3 aromatic rings. The Kier molecular flexibility index (Phi) is 4.96. The van der Waals surface area contributed by atoms with Gasteiger partial charge in [-0.15, -0.1) is 5.10 Å². The van der Waals surface area contributed by atoms with Gasteiger partial charge in [0.2, 0.25) is 5.82 Å². The molecule has 1 aromatic carbocycles. The van der Waals surface area contributed by atoms with Crippen LogP contribution >= 0.6 is 0 Å². The second-order valence-electron chi connectivity index (χ2n) is 6.90. The van der Waals surface area contributed by atoms with Gasteiger partial charge in [-0.1, -0.05) is 0 Å². The van der Waals surface area contributed by atoms with Crippen LogP contribution in [-0.4, -0.2) is 64.9 Å². The summed E-state index contributed by atoms with van der Waals surface area (Å²) in [7, 11) is 3.83. The number of likely N-dealkylation sites (N-methyl/N-ethyl adjacent to an activating group) is 1. The Morgan fingerprint density at radius 3 is 2.44 bits per heavy atom. The molecule has 0 N–H and O–H groups in total. The van der Waals surface area contributed by atoms with Gasteiger partial charge in [-0.3, -0.25) is 4.90 Å². The number of ether oxygens (including phenoxy) is 1. The third kappa shape index (κ3) is 3.61. The topological polar surface area (TPSA) is 59.6 Å². The molecule has 7 nitrogen and oxygen atoms in total. The molecular weight excluding hydrogens is 342 g/mol. The zero-order chi connectivity index (χ0) is 18.8. The number of hydrogen-bond acceptors (Lipinski definition) is 6. The lowest BCUT2D eigenvalue weighted by molar-refractivity contribution is 0.114. The van der Waals surface area contributed by atoms with Crippen LogP contribution in [0.2, 0.25) is 0 Å². The van der Waals surface area contributed by atoms with E-state index in [1.807, 2.05) is 41.1 Å². The highest BCUT2D eigenvalue weighted by Gasteiger charge is 2.26. The zero-order valence-corrected chi connectivity index (χ0v) is 16.0. The van der Waals surface area contributed by atoms with Gasteiger partial charge >= 0.3 is 0 Å². The van der Waals surface area contributed by atoms with Crippen LogP contribution in [0.3, 0.4) is 0 Å². The Bertz CT molecular complexity index is 864. The second-order valence-corrected chi connectivity index (χ2v) is 6.90. The summed E-state index contributed by atoms with van der Waals surface area (Å²) in [6.45, 7) is 6.35. The van der Waals surface area contributed by atoms with Crippen molar-refractivity contribution in [3.63, 3.8) is 0 Å². The minimum absolute atomic E-state index is 0.150. The third-order valence-electron chi connectivity index (χ3n) is 5.15. The van der Waals surface area contributed by atoms with E-state index >= 15 is 0 Å². The minimum Gasteiger partial charge on any atom is -0.497 e. The summed E-state index contributed by atoms with van der Waals surface area (Å²) >= 11 is 0. The van der Waals surface area contributed by atoms with Crippen molar-refractivity contribution in [3.05, 3.63) is 48.5 Å². The maximum absolute atomic E-state index is 5.52. The first-order chi connectivity index (χ1) is 13.2. The van der Waals surface area contributed by atoms with E-state index in [0.717, 1.165) is 43.4 Å². The molecule has 7 heteroatoms. The Balaban J connectivity index is 1.71. The first kappa shape index (κ1) is 17.8. The molecule has 0 aliphatic carbocycles. The second kappa shape index (κ2) is 7.54. The smallest absolute Gasteiger partial charge is 0.217 e. The predicted molar refractivity (Wildman–Crippen MR) is 103 cm³/mol. The highest BCUT2D eigenvalue weighted by atomic mass is 16.5. The predicted octanol–water partition coefficient (Wildman–Crippen LogP) is 2.84. The van der Waals surface area contributed by atoms with E-state index in [4.69, 9.17) is 19.2 Å². The monoisotopic (exact) mass is 367 g/mol. The van der Waals surface area contributed by atoms with Crippen molar-refractivity contribution in [2.75, 3.05) is 40.3 Å². The Hall–Kier alpha value is -2.64. The van der Waals surface area contributed by atoms with Crippen molar-refractivity contribution < 1.29 is 9.15 Å².